The highest BCUT2D eigenvalue weighted by Gasteiger charge is 2.27. The van der Waals surface area contributed by atoms with Gasteiger partial charge in [0.1, 0.15) is 17.2 Å². The fraction of sp³-hybridized carbons (Fsp3) is 0.107. The van der Waals surface area contributed by atoms with Crippen molar-refractivity contribution in [2.24, 2.45) is 0 Å². The van der Waals surface area contributed by atoms with Gasteiger partial charge in [-0.2, -0.15) is 4.37 Å². The van der Waals surface area contributed by atoms with Crippen molar-refractivity contribution >= 4 is 55.0 Å². The summed E-state index contributed by atoms with van der Waals surface area (Å²) in [5, 5.41) is 4.70. The number of halogens is 1. The lowest BCUT2D eigenvalue weighted by Gasteiger charge is -2.19. The maximum atomic E-state index is 13.6. The van der Waals surface area contributed by atoms with Crippen LogP contribution in [0.4, 0.5) is 10.1 Å². The van der Waals surface area contributed by atoms with E-state index in [2.05, 4.69) is 14.7 Å². The van der Waals surface area contributed by atoms with Gasteiger partial charge in [0.2, 0.25) is 10.0 Å². The Bertz CT molecular complexity index is 1990. The van der Waals surface area contributed by atoms with Crippen molar-refractivity contribution in [3.8, 4) is 33.4 Å². The number of H-pyrrole nitrogens is 1. The molecule has 40 heavy (non-hydrogen) atoms. The average Bonchev–Trinajstić information content (AvgIpc) is 3.67. The zero-order valence-corrected chi connectivity index (χ0v) is 23.2. The van der Waals surface area contributed by atoms with E-state index in [-0.39, 0.29) is 22.6 Å². The number of hydrogen-bond donors (Lipinski definition) is 2. The summed E-state index contributed by atoms with van der Waals surface area (Å²) in [4.78, 5) is 21.1. The van der Waals surface area contributed by atoms with Crippen LogP contribution < -0.4 is 9.62 Å². The van der Waals surface area contributed by atoms with Crippen LogP contribution in [0.3, 0.4) is 0 Å². The van der Waals surface area contributed by atoms with Crippen LogP contribution >= 0.6 is 11.5 Å². The molecule has 0 aliphatic rings. The van der Waals surface area contributed by atoms with Gasteiger partial charge in [-0.15, -0.1) is 0 Å². The third-order valence-corrected chi connectivity index (χ3v) is 8.57. The van der Waals surface area contributed by atoms with E-state index in [0.717, 1.165) is 27.2 Å². The number of rotatable bonds is 6. The van der Waals surface area contributed by atoms with E-state index >= 15 is 0 Å². The molecule has 9 nitrogen and oxygen atoms in total. The Labute approximate surface area is 232 Å². The number of aromatic nitrogens is 3. The number of nitrogens with one attached hydrogen (secondary N) is 2. The van der Waals surface area contributed by atoms with Crippen LogP contribution in [0, 0.1) is 5.82 Å². The molecule has 0 atom stereocenters. The van der Waals surface area contributed by atoms with E-state index < -0.39 is 21.7 Å². The van der Waals surface area contributed by atoms with E-state index in [0.29, 0.717) is 27.3 Å². The number of amides is 1. The molecule has 0 radical (unpaired) electrons. The van der Waals surface area contributed by atoms with Crippen molar-refractivity contribution in [3.63, 3.8) is 0 Å². The highest BCUT2D eigenvalue weighted by atomic mass is 32.2. The molecule has 0 aliphatic heterocycles. The van der Waals surface area contributed by atoms with Crippen molar-refractivity contribution in [2.75, 3.05) is 24.7 Å². The van der Waals surface area contributed by atoms with Gasteiger partial charge in [0.25, 0.3) is 5.91 Å². The SMILES string of the molecule is CNC(=O)c1c(-c2ccc(F)cc2)oc2cc(N(C)S(C)(=O)=O)c(-c3nsc(-c4cc5ccccc5[nH]4)n3)cc12. The number of furan rings is 1. The Morgan fingerprint density at radius 3 is 2.55 bits per heavy atom. The minimum Gasteiger partial charge on any atom is -0.455 e. The van der Waals surface area contributed by atoms with Crippen LogP contribution in [0.1, 0.15) is 10.4 Å². The molecule has 0 unspecified atom stereocenters. The lowest BCUT2D eigenvalue weighted by molar-refractivity contribution is 0.0964. The maximum Gasteiger partial charge on any atom is 0.255 e. The van der Waals surface area contributed by atoms with Gasteiger partial charge in [-0.1, -0.05) is 18.2 Å². The number of nitrogens with zero attached hydrogens (tertiary/aromatic N) is 3. The largest absolute Gasteiger partial charge is 0.455 e. The second-order valence-electron chi connectivity index (χ2n) is 9.18. The third-order valence-electron chi connectivity index (χ3n) is 6.63. The van der Waals surface area contributed by atoms with E-state index in [1.54, 1.807) is 12.1 Å². The summed E-state index contributed by atoms with van der Waals surface area (Å²) in [6.45, 7) is 0. The van der Waals surface area contributed by atoms with Crippen molar-refractivity contribution < 1.29 is 22.0 Å². The second-order valence-corrected chi connectivity index (χ2v) is 11.9. The minimum atomic E-state index is -3.69. The maximum absolute atomic E-state index is 13.6. The quantitative estimate of drug-likeness (QED) is 0.264. The van der Waals surface area contributed by atoms with Gasteiger partial charge in [0, 0.05) is 47.6 Å². The number of para-hydroxylation sites is 1. The van der Waals surface area contributed by atoms with E-state index in [1.807, 2.05) is 30.3 Å². The molecule has 3 heterocycles. The zero-order chi connectivity index (χ0) is 28.2. The van der Waals surface area contributed by atoms with Crippen LogP contribution in [-0.4, -0.2) is 49.0 Å². The molecule has 0 fully saturated rings. The predicted molar refractivity (Wildman–Crippen MR) is 154 cm³/mol. The smallest absolute Gasteiger partial charge is 0.255 e. The van der Waals surface area contributed by atoms with Crippen molar-refractivity contribution in [3.05, 3.63) is 78.1 Å². The number of carbonyl (C=O) groups is 1. The number of carbonyl (C=O) groups excluding carboxylic acids is 1. The number of fused-ring (bicyclic) bond motifs is 2. The summed E-state index contributed by atoms with van der Waals surface area (Å²) in [6, 6.07) is 18.6. The molecule has 202 valence electrons. The summed E-state index contributed by atoms with van der Waals surface area (Å²) in [5.41, 5.74) is 3.40. The van der Waals surface area contributed by atoms with Gasteiger partial charge in [-0.3, -0.25) is 9.10 Å². The van der Waals surface area contributed by atoms with Crippen LogP contribution in [0.15, 0.2) is 71.1 Å². The molecular weight excluding hydrogens is 553 g/mol. The average molecular weight is 576 g/mol. The van der Waals surface area contributed by atoms with Crippen LogP contribution in [-0.2, 0) is 10.0 Å². The van der Waals surface area contributed by atoms with E-state index in [4.69, 9.17) is 9.40 Å². The second kappa shape index (κ2) is 9.57. The first-order chi connectivity index (χ1) is 19.1. The van der Waals surface area contributed by atoms with E-state index in [9.17, 15) is 17.6 Å². The number of aromatic amines is 1. The lowest BCUT2D eigenvalue weighted by Crippen LogP contribution is -2.25. The Morgan fingerprint density at radius 1 is 1.10 bits per heavy atom. The molecule has 3 aromatic heterocycles. The molecule has 0 saturated heterocycles. The van der Waals surface area contributed by atoms with Gasteiger partial charge in [0.05, 0.1) is 23.2 Å². The first-order valence-corrected chi connectivity index (χ1v) is 14.7. The fourth-order valence-electron chi connectivity index (χ4n) is 4.54. The number of hydrogen-bond acceptors (Lipinski definition) is 7. The molecule has 1 amide bonds. The topological polar surface area (TPSA) is 121 Å². The molecule has 2 N–H and O–H groups in total. The first-order valence-electron chi connectivity index (χ1n) is 12.1. The predicted octanol–water partition coefficient (Wildman–Crippen LogP) is 5.66. The highest BCUT2D eigenvalue weighted by Crippen LogP contribution is 2.41. The monoisotopic (exact) mass is 575 g/mol. The standard InChI is InChI=1S/C28H22FN5O4S2/c1-30-27(35)24-19-13-18(26-32-28(39-33-26)21-12-16-6-4-5-7-20(16)31-21)22(34(2)40(3,36)37)14-23(19)38-25(24)15-8-10-17(29)11-9-15/h4-14,31H,1-3H3,(H,30,35). The highest BCUT2D eigenvalue weighted by molar-refractivity contribution is 7.92. The van der Waals surface area contributed by atoms with Gasteiger partial charge in [-0.25, -0.2) is 17.8 Å². The number of benzene rings is 3. The van der Waals surface area contributed by atoms with Gasteiger partial charge < -0.3 is 14.7 Å². The first kappa shape index (κ1) is 25.7. The molecule has 6 aromatic rings. The van der Waals surface area contributed by atoms with Crippen molar-refractivity contribution in [1.29, 1.82) is 0 Å². The normalized spacial score (nSPS) is 11.8. The summed E-state index contributed by atoms with van der Waals surface area (Å²) in [7, 11) is -0.765. The zero-order valence-electron chi connectivity index (χ0n) is 21.5. The van der Waals surface area contributed by atoms with Gasteiger partial charge in [0.15, 0.2) is 10.8 Å². The molecule has 0 aliphatic carbocycles. The van der Waals surface area contributed by atoms with E-state index in [1.165, 1.54) is 49.9 Å². The summed E-state index contributed by atoms with van der Waals surface area (Å²) < 4.78 is 50.6. The summed E-state index contributed by atoms with van der Waals surface area (Å²) >= 11 is 1.17. The summed E-state index contributed by atoms with van der Waals surface area (Å²) in [5.74, 6) is -0.331. The molecule has 0 saturated carbocycles. The Balaban J connectivity index is 1.58. The molecule has 6 rings (SSSR count). The Hall–Kier alpha value is -4.55. The van der Waals surface area contributed by atoms with Crippen molar-refractivity contribution in [2.45, 2.75) is 0 Å². The molecule has 0 spiro atoms. The summed E-state index contributed by atoms with van der Waals surface area (Å²) in [6.07, 6.45) is 1.09. The Kier molecular flexibility index (Phi) is 6.15. The van der Waals surface area contributed by atoms with Gasteiger partial charge >= 0.3 is 0 Å². The lowest BCUT2D eigenvalue weighted by atomic mass is 10.0. The molecular formula is C28H22FN5O4S2. The van der Waals surface area contributed by atoms with Gasteiger partial charge in [-0.05, 0) is 54.0 Å². The number of anilines is 1. The fourth-order valence-corrected chi connectivity index (χ4v) is 5.69. The van der Waals surface area contributed by atoms with Crippen molar-refractivity contribution in [1.82, 2.24) is 19.7 Å². The molecule has 3 aromatic carbocycles. The van der Waals surface area contributed by atoms with Crippen LogP contribution in [0.25, 0.3) is 55.3 Å². The molecule has 12 heteroatoms. The molecule has 0 bridgehead atoms. The Morgan fingerprint density at radius 2 is 1.85 bits per heavy atom. The minimum absolute atomic E-state index is 0.226. The van der Waals surface area contributed by atoms with Crippen LogP contribution in [0.5, 0.6) is 0 Å². The number of sulfonamides is 1. The van der Waals surface area contributed by atoms with Crippen LogP contribution in [0.2, 0.25) is 0 Å². The third kappa shape index (κ3) is 4.40.